The van der Waals surface area contributed by atoms with Crippen LogP contribution >= 0.6 is 0 Å². The van der Waals surface area contributed by atoms with Gasteiger partial charge in [0.15, 0.2) is 0 Å². The first-order valence-electron chi connectivity index (χ1n) is 4.88. The summed E-state index contributed by atoms with van der Waals surface area (Å²) in [5.41, 5.74) is 0. The molecule has 1 saturated heterocycles. The quantitative estimate of drug-likeness (QED) is 0.528. The Labute approximate surface area is 72.1 Å². The van der Waals surface area contributed by atoms with Crippen molar-refractivity contribution in [3.63, 3.8) is 0 Å². The molecule has 1 nitrogen and oxygen atoms in total. The normalized spacial score (nSPS) is 27.8. The van der Waals surface area contributed by atoms with Gasteiger partial charge >= 0.3 is 0 Å². The topological polar surface area (TPSA) is 9.23 Å². The molecule has 0 aromatic carbocycles. The highest BCUT2D eigenvalue weighted by molar-refractivity contribution is 4.65. The molecule has 1 aliphatic rings. The van der Waals surface area contributed by atoms with Gasteiger partial charge in [0.2, 0.25) is 0 Å². The van der Waals surface area contributed by atoms with E-state index in [0.717, 1.165) is 25.0 Å². The summed E-state index contributed by atoms with van der Waals surface area (Å²) in [4.78, 5) is 0. The van der Waals surface area contributed by atoms with E-state index < -0.39 is 0 Å². The van der Waals surface area contributed by atoms with E-state index in [0.29, 0.717) is 0 Å². The van der Waals surface area contributed by atoms with E-state index in [9.17, 15) is 0 Å². The van der Waals surface area contributed by atoms with E-state index in [1.807, 2.05) is 27.7 Å². The lowest BCUT2D eigenvalue weighted by atomic mass is 10.0. The molecule has 0 aromatic rings. The van der Waals surface area contributed by atoms with Crippen LogP contribution in [0.2, 0.25) is 0 Å². The minimum atomic E-state index is 0.792. The third kappa shape index (κ3) is 6.36. The van der Waals surface area contributed by atoms with Gasteiger partial charge in [0.25, 0.3) is 0 Å². The van der Waals surface area contributed by atoms with Gasteiger partial charge < -0.3 is 4.74 Å². The van der Waals surface area contributed by atoms with E-state index in [1.54, 1.807) is 0 Å². The second kappa shape index (κ2) is 9.96. The number of hydrogen-bond donors (Lipinski definition) is 0. The number of hydrogen-bond acceptors (Lipinski definition) is 1. The lowest BCUT2D eigenvalue weighted by Crippen LogP contribution is -2.01. The molecule has 0 aliphatic carbocycles. The van der Waals surface area contributed by atoms with Crippen molar-refractivity contribution in [3.8, 4) is 0 Å². The van der Waals surface area contributed by atoms with Crippen molar-refractivity contribution in [2.24, 2.45) is 11.8 Å². The van der Waals surface area contributed by atoms with Crippen molar-refractivity contribution in [2.75, 3.05) is 13.2 Å². The molecule has 1 aliphatic heterocycles. The molecule has 0 spiro atoms. The van der Waals surface area contributed by atoms with Gasteiger partial charge in [-0.1, -0.05) is 41.5 Å². The minimum Gasteiger partial charge on any atom is -0.381 e. The Hall–Kier alpha value is -0.0400. The molecule has 0 saturated carbocycles. The summed E-state index contributed by atoms with van der Waals surface area (Å²) in [5, 5.41) is 0. The first-order valence-corrected chi connectivity index (χ1v) is 4.88. The molecule has 2 unspecified atom stereocenters. The molecule has 0 bridgehead atoms. The summed E-state index contributed by atoms with van der Waals surface area (Å²) >= 11 is 0. The maximum Gasteiger partial charge on any atom is 0.0495 e. The van der Waals surface area contributed by atoms with Crippen LogP contribution < -0.4 is 0 Å². The minimum absolute atomic E-state index is 0.792. The predicted molar refractivity (Wildman–Crippen MR) is 51.8 cm³/mol. The maximum atomic E-state index is 5.17. The fourth-order valence-electron chi connectivity index (χ4n) is 0.768. The van der Waals surface area contributed by atoms with Gasteiger partial charge in [-0.05, 0) is 11.8 Å². The first-order chi connectivity index (χ1) is 5.30. The molecule has 11 heavy (non-hydrogen) atoms. The molecule has 0 aromatic heterocycles. The van der Waals surface area contributed by atoms with Crippen LogP contribution in [0, 0.1) is 11.8 Å². The van der Waals surface area contributed by atoms with Gasteiger partial charge in [0, 0.05) is 13.2 Å². The van der Waals surface area contributed by atoms with Crippen molar-refractivity contribution in [1.29, 1.82) is 0 Å². The van der Waals surface area contributed by atoms with E-state index >= 15 is 0 Å². The zero-order chi connectivity index (χ0) is 9.28. The van der Waals surface area contributed by atoms with Crippen molar-refractivity contribution in [3.05, 3.63) is 0 Å². The molecule has 1 fully saturated rings. The predicted octanol–water partition coefficient (Wildman–Crippen LogP) is 3.34. The Kier molecular flexibility index (Phi) is 12.3. The van der Waals surface area contributed by atoms with Crippen molar-refractivity contribution in [1.82, 2.24) is 0 Å². The van der Waals surface area contributed by atoms with Crippen LogP contribution in [0.5, 0.6) is 0 Å². The van der Waals surface area contributed by atoms with Gasteiger partial charge in [0.05, 0.1) is 0 Å². The molecule has 0 amide bonds. The van der Waals surface area contributed by atoms with Gasteiger partial charge in [-0.25, -0.2) is 0 Å². The Bertz CT molecular complexity index is 53.9. The zero-order valence-electron chi connectivity index (χ0n) is 8.98. The SMILES string of the molecule is CC.CC.CC1COCC1C. The fraction of sp³-hybridized carbons (Fsp3) is 1.00. The maximum absolute atomic E-state index is 5.17. The van der Waals surface area contributed by atoms with Crippen molar-refractivity contribution < 1.29 is 4.74 Å². The fourth-order valence-corrected chi connectivity index (χ4v) is 0.768. The molecule has 1 heteroatoms. The van der Waals surface area contributed by atoms with E-state index in [1.165, 1.54) is 0 Å². The van der Waals surface area contributed by atoms with Crippen LogP contribution in [0.3, 0.4) is 0 Å². The summed E-state index contributed by atoms with van der Waals surface area (Å²) < 4.78 is 5.17. The summed E-state index contributed by atoms with van der Waals surface area (Å²) in [7, 11) is 0. The third-order valence-electron chi connectivity index (χ3n) is 1.73. The molecule has 1 rings (SSSR count). The van der Waals surface area contributed by atoms with E-state index in [2.05, 4.69) is 13.8 Å². The molecular formula is C10H24O. The summed E-state index contributed by atoms with van der Waals surface area (Å²) in [6, 6.07) is 0. The van der Waals surface area contributed by atoms with E-state index in [-0.39, 0.29) is 0 Å². The van der Waals surface area contributed by atoms with Crippen LogP contribution in [0.1, 0.15) is 41.5 Å². The average Bonchev–Trinajstić information content (AvgIpc) is 2.44. The molecule has 70 valence electrons. The zero-order valence-corrected chi connectivity index (χ0v) is 8.98. The molecule has 0 N–H and O–H groups in total. The molecule has 0 radical (unpaired) electrons. The summed E-state index contributed by atoms with van der Waals surface area (Å²) in [5.74, 6) is 1.58. The highest BCUT2D eigenvalue weighted by Gasteiger charge is 2.18. The molecular weight excluding hydrogens is 136 g/mol. The Morgan fingerprint density at radius 2 is 1.09 bits per heavy atom. The Morgan fingerprint density at radius 3 is 1.18 bits per heavy atom. The lowest BCUT2D eigenvalue weighted by molar-refractivity contribution is 0.183. The largest absolute Gasteiger partial charge is 0.381 e. The lowest BCUT2D eigenvalue weighted by Gasteiger charge is -2.01. The second-order valence-electron chi connectivity index (χ2n) is 2.49. The molecule has 1 heterocycles. The smallest absolute Gasteiger partial charge is 0.0495 e. The van der Waals surface area contributed by atoms with Crippen LogP contribution in [0.25, 0.3) is 0 Å². The average molecular weight is 160 g/mol. The summed E-state index contributed by atoms with van der Waals surface area (Å²) in [6.07, 6.45) is 0. The third-order valence-corrected chi connectivity index (χ3v) is 1.73. The first kappa shape index (κ1) is 13.5. The van der Waals surface area contributed by atoms with E-state index in [4.69, 9.17) is 4.74 Å². The highest BCUT2D eigenvalue weighted by atomic mass is 16.5. The van der Waals surface area contributed by atoms with Gasteiger partial charge in [-0.3, -0.25) is 0 Å². The second-order valence-corrected chi connectivity index (χ2v) is 2.49. The monoisotopic (exact) mass is 160 g/mol. The highest BCUT2D eigenvalue weighted by Crippen LogP contribution is 2.17. The molecule has 2 atom stereocenters. The number of ether oxygens (including phenoxy) is 1. The van der Waals surface area contributed by atoms with Crippen molar-refractivity contribution >= 4 is 0 Å². The van der Waals surface area contributed by atoms with Crippen LogP contribution in [-0.2, 0) is 4.74 Å². The van der Waals surface area contributed by atoms with Gasteiger partial charge in [-0.2, -0.15) is 0 Å². The van der Waals surface area contributed by atoms with Crippen LogP contribution in [0.15, 0.2) is 0 Å². The standard InChI is InChI=1S/C6H12O.2C2H6/c1-5-3-7-4-6(5)2;2*1-2/h5-6H,3-4H2,1-2H3;2*1-2H3. The number of rotatable bonds is 0. The van der Waals surface area contributed by atoms with Crippen LogP contribution in [-0.4, -0.2) is 13.2 Å². The van der Waals surface area contributed by atoms with Crippen molar-refractivity contribution in [2.45, 2.75) is 41.5 Å². The Morgan fingerprint density at radius 1 is 0.818 bits per heavy atom. The van der Waals surface area contributed by atoms with Gasteiger partial charge in [0.1, 0.15) is 0 Å². The summed E-state index contributed by atoms with van der Waals surface area (Å²) in [6.45, 7) is 14.4. The van der Waals surface area contributed by atoms with Gasteiger partial charge in [-0.15, -0.1) is 0 Å². The Balaban J connectivity index is 0. The van der Waals surface area contributed by atoms with Crippen LogP contribution in [0.4, 0.5) is 0 Å².